The Labute approximate surface area is 121 Å². The molecule has 0 N–H and O–H groups in total. The molecule has 0 bridgehead atoms. The summed E-state index contributed by atoms with van der Waals surface area (Å²) in [5.41, 5.74) is 1.57. The van der Waals surface area contributed by atoms with Crippen LogP contribution in [0.25, 0.3) is 0 Å². The van der Waals surface area contributed by atoms with E-state index in [1.165, 1.54) is 0 Å². The first kappa shape index (κ1) is 13.7. The van der Waals surface area contributed by atoms with Gasteiger partial charge >= 0.3 is 0 Å². The van der Waals surface area contributed by atoms with Gasteiger partial charge in [-0.1, -0.05) is 30.3 Å². The van der Waals surface area contributed by atoms with Crippen LogP contribution < -0.4 is 0 Å². The summed E-state index contributed by atoms with van der Waals surface area (Å²) in [6.07, 6.45) is 1.63. The standard InChI is InChI=1S/C15H15BrN2O/c1-2-18(11-12-7-4-3-5-8-12)15(19)14-13(16)9-6-10-17-14/h3-10H,2,11H2,1H3. The first-order valence-electron chi connectivity index (χ1n) is 6.16. The van der Waals surface area contributed by atoms with Gasteiger partial charge in [-0.3, -0.25) is 4.79 Å². The van der Waals surface area contributed by atoms with Crippen molar-refractivity contribution in [3.63, 3.8) is 0 Å². The summed E-state index contributed by atoms with van der Waals surface area (Å²) in [6.45, 7) is 3.22. The highest BCUT2D eigenvalue weighted by Gasteiger charge is 2.18. The zero-order valence-electron chi connectivity index (χ0n) is 10.7. The molecule has 0 unspecified atom stereocenters. The van der Waals surface area contributed by atoms with Gasteiger partial charge in [-0.05, 0) is 40.5 Å². The molecule has 1 heterocycles. The largest absolute Gasteiger partial charge is 0.333 e. The number of pyridine rings is 1. The van der Waals surface area contributed by atoms with Crippen LogP contribution in [0.3, 0.4) is 0 Å². The number of benzene rings is 1. The van der Waals surface area contributed by atoms with Crippen molar-refractivity contribution in [2.45, 2.75) is 13.5 Å². The normalized spacial score (nSPS) is 10.2. The van der Waals surface area contributed by atoms with E-state index < -0.39 is 0 Å². The molecule has 98 valence electrons. The molecule has 19 heavy (non-hydrogen) atoms. The lowest BCUT2D eigenvalue weighted by atomic mass is 10.2. The van der Waals surface area contributed by atoms with Crippen molar-refractivity contribution in [1.82, 2.24) is 9.88 Å². The minimum atomic E-state index is -0.0566. The molecule has 4 heteroatoms. The summed E-state index contributed by atoms with van der Waals surface area (Å²) >= 11 is 3.37. The predicted octanol–water partition coefficient (Wildman–Crippen LogP) is 3.51. The molecule has 1 aromatic heterocycles. The first-order chi connectivity index (χ1) is 9.22. The SMILES string of the molecule is CCN(Cc1ccccc1)C(=O)c1ncccc1Br. The van der Waals surface area contributed by atoms with Crippen molar-refractivity contribution in [3.05, 3.63) is 64.4 Å². The Bertz CT molecular complexity index is 557. The summed E-state index contributed by atoms with van der Waals surface area (Å²) in [5, 5.41) is 0. The van der Waals surface area contributed by atoms with Crippen molar-refractivity contribution >= 4 is 21.8 Å². The van der Waals surface area contributed by atoms with E-state index in [2.05, 4.69) is 20.9 Å². The van der Waals surface area contributed by atoms with Crippen molar-refractivity contribution in [2.24, 2.45) is 0 Å². The molecular formula is C15H15BrN2O. The molecule has 2 aromatic rings. The van der Waals surface area contributed by atoms with Crippen LogP contribution in [0.1, 0.15) is 23.0 Å². The second-order valence-corrected chi connectivity index (χ2v) is 4.99. The van der Waals surface area contributed by atoms with Crippen molar-refractivity contribution in [3.8, 4) is 0 Å². The fourth-order valence-corrected chi connectivity index (χ4v) is 2.25. The van der Waals surface area contributed by atoms with Crippen molar-refractivity contribution in [1.29, 1.82) is 0 Å². The van der Waals surface area contributed by atoms with Crippen molar-refractivity contribution in [2.75, 3.05) is 6.54 Å². The van der Waals surface area contributed by atoms with E-state index in [9.17, 15) is 4.79 Å². The monoisotopic (exact) mass is 318 g/mol. The minimum Gasteiger partial charge on any atom is -0.333 e. The second kappa shape index (κ2) is 6.48. The van der Waals surface area contributed by atoms with Crippen LogP contribution in [0.2, 0.25) is 0 Å². The highest BCUT2D eigenvalue weighted by Crippen LogP contribution is 2.16. The highest BCUT2D eigenvalue weighted by atomic mass is 79.9. The van der Waals surface area contributed by atoms with Gasteiger partial charge in [0, 0.05) is 23.8 Å². The third-order valence-electron chi connectivity index (χ3n) is 2.85. The van der Waals surface area contributed by atoms with Crippen LogP contribution in [0.4, 0.5) is 0 Å². The number of halogens is 1. The summed E-state index contributed by atoms with van der Waals surface area (Å²) < 4.78 is 0.728. The van der Waals surface area contributed by atoms with Crippen LogP contribution in [-0.4, -0.2) is 22.3 Å². The maximum absolute atomic E-state index is 12.4. The lowest BCUT2D eigenvalue weighted by molar-refractivity contribution is 0.0745. The fraction of sp³-hybridized carbons (Fsp3) is 0.200. The summed E-state index contributed by atoms with van der Waals surface area (Å²) in [6, 6.07) is 13.6. The Morgan fingerprint density at radius 1 is 1.21 bits per heavy atom. The molecule has 0 aliphatic rings. The number of amides is 1. The number of hydrogen-bond donors (Lipinski definition) is 0. The van der Waals surface area contributed by atoms with Gasteiger partial charge in [0.2, 0.25) is 0 Å². The zero-order chi connectivity index (χ0) is 13.7. The number of carbonyl (C=O) groups is 1. The summed E-state index contributed by atoms with van der Waals surface area (Å²) in [5.74, 6) is -0.0566. The summed E-state index contributed by atoms with van der Waals surface area (Å²) in [4.78, 5) is 18.4. The molecule has 0 aliphatic heterocycles. The molecule has 0 fully saturated rings. The van der Waals surface area contributed by atoms with E-state index in [-0.39, 0.29) is 5.91 Å². The Hall–Kier alpha value is -1.68. The minimum absolute atomic E-state index is 0.0566. The Morgan fingerprint density at radius 3 is 2.58 bits per heavy atom. The Morgan fingerprint density at radius 2 is 1.95 bits per heavy atom. The molecule has 0 saturated carbocycles. The average molecular weight is 319 g/mol. The molecule has 3 nitrogen and oxygen atoms in total. The van der Waals surface area contributed by atoms with Gasteiger partial charge in [0.15, 0.2) is 0 Å². The van der Waals surface area contributed by atoms with Crippen LogP contribution >= 0.6 is 15.9 Å². The lowest BCUT2D eigenvalue weighted by Gasteiger charge is -2.21. The van der Waals surface area contributed by atoms with Gasteiger partial charge < -0.3 is 4.90 Å². The maximum Gasteiger partial charge on any atom is 0.273 e. The number of aromatic nitrogens is 1. The number of rotatable bonds is 4. The number of carbonyl (C=O) groups excluding carboxylic acids is 1. The van der Waals surface area contributed by atoms with Gasteiger partial charge in [0.25, 0.3) is 5.91 Å². The van der Waals surface area contributed by atoms with Gasteiger partial charge in [-0.25, -0.2) is 4.98 Å². The van der Waals surface area contributed by atoms with Gasteiger partial charge in [-0.2, -0.15) is 0 Å². The van der Waals surface area contributed by atoms with Crippen LogP contribution in [-0.2, 0) is 6.54 Å². The van der Waals surface area contributed by atoms with E-state index >= 15 is 0 Å². The first-order valence-corrected chi connectivity index (χ1v) is 6.95. The fourth-order valence-electron chi connectivity index (χ4n) is 1.82. The second-order valence-electron chi connectivity index (χ2n) is 4.14. The molecule has 1 amide bonds. The van der Waals surface area contributed by atoms with E-state index in [1.807, 2.05) is 43.3 Å². The molecule has 1 aromatic carbocycles. The average Bonchev–Trinajstić information content (AvgIpc) is 2.46. The zero-order valence-corrected chi connectivity index (χ0v) is 12.3. The molecule has 0 spiro atoms. The predicted molar refractivity (Wildman–Crippen MR) is 78.8 cm³/mol. The van der Waals surface area contributed by atoms with Crippen LogP contribution in [0, 0.1) is 0 Å². The van der Waals surface area contributed by atoms with Gasteiger partial charge in [-0.15, -0.1) is 0 Å². The Balaban J connectivity index is 2.18. The molecule has 0 aliphatic carbocycles. The van der Waals surface area contributed by atoms with Crippen LogP contribution in [0.5, 0.6) is 0 Å². The quantitative estimate of drug-likeness (QED) is 0.864. The number of hydrogen-bond acceptors (Lipinski definition) is 2. The van der Waals surface area contributed by atoms with E-state index in [4.69, 9.17) is 0 Å². The molecule has 2 rings (SSSR count). The van der Waals surface area contributed by atoms with E-state index in [0.717, 1.165) is 10.0 Å². The topological polar surface area (TPSA) is 33.2 Å². The maximum atomic E-state index is 12.4. The van der Waals surface area contributed by atoms with Gasteiger partial charge in [0.1, 0.15) is 5.69 Å². The molecule has 0 radical (unpaired) electrons. The molecule has 0 saturated heterocycles. The van der Waals surface area contributed by atoms with Gasteiger partial charge in [0.05, 0.1) is 0 Å². The Kier molecular flexibility index (Phi) is 4.68. The third kappa shape index (κ3) is 3.41. The molecular weight excluding hydrogens is 304 g/mol. The number of nitrogens with zero attached hydrogens (tertiary/aromatic N) is 2. The highest BCUT2D eigenvalue weighted by molar-refractivity contribution is 9.10. The van der Waals surface area contributed by atoms with Crippen molar-refractivity contribution < 1.29 is 4.79 Å². The summed E-state index contributed by atoms with van der Waals surface area (Å²) in [7, 11) is 0. The van der Waals surface area contributed by atoms with Crippen LogP contribution in [0.15, 0.2) is 53.1 Å². The van der Waals surface area contributed by atoms with E-state index in [1.54, 1.807) is 17.2 Å². The lowest BCUT2D eigenvalue weighted by Crippen LogP contribution is -2.31. The molecule has 0 atom stereocenters. The third-order valence-corrected chi connectivity index (χ3v) is 3.49. The smallest absolute Gasteiger partial charge is 0.273 e. The van der Waals surface area contributed by atoms with E-state index in [0.29, 0.717) is 18.8 Å².